The molecule has 0 aromatic heterocycles. The number of methoxy groups -OCH3 is 1. The Morgan fingerprint density at radius 1 is 1.30 bits per heavy atom. The van der Waals surface area contributed by atoms with Crippen molar-refractivity contribution in [3.63, 3.8) is 0 Å². The smallest absolute Gasteiger partial charge is 0.325 e. The summed E-state index contributed by atoms with van der Waals surface area (Å²) in [5.74, 6) is -0.119. The third-order valence-corrected chi connectivity index (χ3v) is 4.70. The molecule has 1 heterocycles. The number of likely N-dealkylation sites (tertiary alicyclic amines) is 1. The highest BCUT2D eigenvalue weighted by Crippen LogP contribution is 2.27. The normalized spacial score (nSPS) is 25.6. The second-order valence-corrected chi connectivity index (χ2v) is 6.75. The number of nitrogens with one attached hydrogen (secondary N) is 1. The molecule has 2 aliphatic rings. The van der Waals surface area contributed by atoms with Crippen LogP contribution in [0, 0.1) is 0 Å². The van der Waals surface area contributed by atoms with Gasteiger partial charge in [-0.1, -0.05) is 12.8 Å². The average molecular weight is 282 g/mol. The van der Waals surface area contributed by atoms with Gasteiger partial charge in [0, 0.05) is 12.1 Å². The molecule has 116 valence electrons. The molecule has 0 spiro atoms. The van der Waals surface area contributed by atoms with Gasteiger partial charge in [0.05, 0.1) is 7.11 Å². The number of hydrogen-bond donors (Lipinski definition) is 1. The molecule has 1 saturated carbocycles. The zero-order valence-electron chi connectivity index (χ0n) is 13.3. The Kier molecular flexibility index (Phi) is 5.44. The van der Waals surface area contributed by atoms with Gasteiger partial charge in [0.15, 0.2) is 0 Å². The summed E-state index contributed by atoms with van der Waals surface area (Å²) in [6, 6.07) is 0.930. The van der Waals surface area contributed by atoms with E-state index in [2.05, 4.69) is 17.1 Å². The van der Waals surface area contributed by atoms with Crippen LogP contribution in [-0.2, 0) is 9.53 Å². The second kappa shape index (κ2) is 6.90. The van der Waals surface area contributed by atoms with Crippen LogP contribution in [0.25, 0.3) is 0 Å². The summed E-state index contributed by atoms with van der Waals surface area (Å²) in [7, 11) is 1.49. The third kappa shape index (κ3) is 4.19. The summed E-state index contributed by atoms with van der Waals surface area (Å²) in [5.41, 5.74) is -0.540. The standard InChI is InChI=1S/C16H30N2O2/c1-13(18-10-6-4-5-7-11-18)12-16(2,15(19)20-3)17-14-8-9-14/h13-14,17H,4-12H2,1-3H3. The monoisotopic (exact) mass is 282 g/mol. The molecule has 0 aromatic rings. The van der Waals surface area contributed by atoms with Gasteiger partial charge in [-0.2, -0.15) is 0 Å². The van der Waals surface area contributed by atoms with E-state index in [1.165, 1.54) is 58.7 Å². The van der Waals surface area contributed by atoms with Crippen LogP contribution < -0.4 is 5.32 Å². The van der Waals surface area contributed by atoms with E-state index >= 15 is 0 Å². The molecule has 2 rings (SSSR count). The molecule has 1 saturated heterocycles. The topological polar surface area (TPSA) is 41.6 Å². The lowest BCUT2D eigenvalue weighted by atomic mass is 9.92. The van der Waals surface area contributed by atoms with E-state index in [1.54, 1.807) is 0 Å². The molecule has 0 radical (unpaired) electrons. The molecule has 20 heavy (non-hydrogen) atoms. The van der Waals surface area contributed by atoms with Gasteiger partial charge in [-0.25, -0.2) is 0 Å². The van der Waals surface area contributed by atoms with E-state index in [9.17, 15) is 4.79 Å². The number of hydrogen-bond acceptors (Lipinski definition) is 4. The molecule has 1 N–H and O–H groups in total. The first-order valence-electron chi connectivity index (χ1n) is 8.15. The fourth-order valence-corrected chi connectivity index (χ4v) is 3.36. The van der Waals surface area contributed by atoms with E-state index in [4.69, 9.17) is 4.74 Å². The van der Waals surface area contributed by atoms with Crippen LogP contribution in [0.5, 0.6) is 0 Å². The van der Waals surface area contributed by atoms with Crippen LogP contribution in [-0.4, -0.2) is 48.7 Å². The van der Waals surface area contributed by atoms with Crippen molar-refractivity contribution < 1.29 is 9.53 Å². The van der Waals surface area contributed by atoms with Gasteiger partial charge in [0.1, 0.15) is 5.54 Å². The lowest BCUT2D eigenvalue weighted by Crippen LogP contribution is -2.55. The summed E-state index contributed by atoms with van der Waals surface area (Å²) in [4.78, 5) is 14.7. The first kappa shape index (κ1) is 15.8. The minimum atomic E-state index is -0.540. The van der Waals surface area contributed by atoms with Gasteiger partial charge in [-0.3, -0.25) is 10.1 Å². The molecule has 0 aromatic carbocycles. The van der Waals surface area contributed by atoms with Crippen molar-refractivity contribution in [3.05, 3.63) is 0 Å². The SMILES string of the molecule is COC(=O)C(C)(CC(C)N1CCCCCC1)NC1CC1. The number of carbonyl (C=O) groups excluding carboxylic acids is 1. The Hall–Kier alpha value is -0.610. The number of ether oxygens (including phenoxy) is 1. The van der Waals surface area contributed by atoms with Crippen LogP contribution in [0.15, 0.2) is 0 Å². The maximum absolute atomic E-state index is 12.2. The fraction of sp³-hybridized carbons (Fsp3) is 0.938. The van der Waals surface area contributed by atoms with Crippen molar-refractivity contribution in [3.8, 4) is 0 Å². The third-order valence-electron chi connectivity index (χ3n) is 4.70. The molecular weight excluding hydrogens is 252 g/mol. The van der Waals surface area contributed by atoms with Crippen molar-refractivity contribution in [2.45, 2.75) is 76.4 Å². The molecule has 2 fully saturated rings. The quantitative estimate of drug-likeness (QED) is 0.759. The summed E-state index contributed by atoms with van der Waals surface area (Å²) in [6.45, 7) is 6.59. The van der Waals surface area contributed by atoms with Crippen LogP contribution in [0.1, 0.15) is 58.8 Å². The lowest BCUT2D eigenvalue weighted by Gasteiger charge is -2.35. The van der Waals surface area contributed by atoms with Crippen LogP contribution in [0.3, 0.4) is 0 Å². The van der Waals surface area contributed by atoms with Gasteiger partial charge < -0.3 is 9.64 Å². The van der Waals surface area contributed by atoms with Gasteiger partial charge in [-0.15, -0.1) is 0 Å². The van der Waals surface area contributed by atoms with Gasteiger partial charge in [0.25, 0.3) is 0 Å². The highest BCUT2D eigenvalue weighted by molar-refractivity contribution is 5.80. The predicted molar refractivity (Wildman–Crippen MR) is 80.7 cm³/mol. The van der Waals surface area contributed by atoms with E-state index < -0.39 is 5.54 Å². The zero-order valence-corrected chi connectivity index (χ0v) is 13.3. The van der Waals surface area contributed by atoms with E-state index in [0.717, 1.165) is 6.42 Å². The van der Waals surface area contributed by atoms with Crippen LogP contribution >= 0.6 is 0 Å². The highest BCUT2D eigenvalue weighted by atomic mass is 16.5. The summed E-state index contributed by atoms with van der Waals surface area (Å²) < 4.78 is 5.04. The molecule has 4 nitrogen and oxygen atoms in total. The molecule has 0 bridgehead atoms. The lowest BCUT2D eigenvalue weighted by molar-refractivity contribution is -0.149. The second-order valence-electron chi connectivity index (χ2n) is 6.75. The number of rotatable bonds is 6. The minimum absolute atomic E-state index is 0.119. The largest absolute Gasteiger partial charge is 0.468 e. The Morgan fingerprint density at radius 2 is 1.90 bits per heavy atom. The summed E-state index contributed by atoms with van der Waals surface area (Å²) >= 11 is 0. The summed E-state index contributed by atoms with van der Waals surface area (Å²) in [6.07, 6.45) is 8.46. The maximum Gasteiger partial charge on any atom is 0.325 e. The maximum atomic E-state index is 12.2. The molecule has 2 unspecified atom stereocenters. The highest BCUT2D eigenvalue weighted by Gasteiger charge is 2.41. The van der Waals surface area contributed by atoms with Gasteiger partial charge in [-0.05, 0) is 59.0 Å². The Bertz CT molecular complexity index is 322. The number of esters is 1. The Labute approximate surface area is 123 Å². The average Bonchev–Trinajstić information content (AvgIpc) is 3.23. The van der Waals surface area contributed by atoms with Gasteiger partial charge >= 0.3 is 5.97 Å². The fourth-order valence-electron chi connectivity index (χ4n) is 3.36. The van der Waals surface area contributed by atoms with Crippen LogP contribution in [0.4, 0.5) is 0 Å². The molecule has 4 heteroatoms. The minimum Gasteiger partial charge on any atom is -0.468 e. The molecule has 1 aliphatic carbocycles. The van der Waals surface area contributed by atoms with Crippen molar-refractivity contribution in [1.29, 1.82) is 0 Å². The molecule has 0 amide bonds. The number of carbonyl (C=O) groups is 1. The Morgan fingerprint density at radius 3 is 2.40 bits per heavy atom. The number of nitrogens with zero attached hydrogens (tertiary/aromatic N) is 1. The summed E-state index contributed by atoms with van der Waals surface area (Å²) in [5, 5.41) is 3.50. The van der Waals surface area contributed by atoms with Crippen molar-refractivity contribution >= 4 is 5.97 Å². The van der Waals surface area contributed by atoms with E-state index in [-0.39, 0.29) is 5.97 Å². The van der Waals surface area contributed by atoms with E-state index in [1.807, 2.05) is 6.92 Å². The van der Waals surface area contributed by atoms with Crippen molar-refractivity contribution in [2.24, 2.45) is 0 Å². The Balaban J connectivity index is 1.96. The van der Waals surface area contributed by atoms with Crippen molar-refractivity contribution in [2.75, 3.05) is 20.2 Å². The zero-order chi connectivity index (χ0) is 14.6. The predicted octanol–water partition coefficient (Wildman–Crippen LogP) is 2.32. The molecular formula is C16H30N2O2. The first-order valence-corrected chi connectivity index (χ1v) is 8.15. The van der Waals surface area contributed by atoms with E-state index in [0.29, 0.717) is 12.1 Å². The van der Waals surface area contributed by atoms with Crippen LogP contribution in [0.2, 0.25) is 0 Å². The first-order chi connectivity index (χ1) is 9.55. The molecule has 1 aliphatic heterocycles. The van der Waals surface area contributed by atoms with Gasteiger partial charge in [0.2, 0.25) is 0 Å². The molecule has 2 atom stereocenters. The van der Waals surface area contributed by atoms with Crippen molar-refractivity contribution in [1.82, 2.24) is 10.2 Å².